The molecule has 0 bridgehead atoms. The van der Waals surface area contributed by atoms with Gasteiger partial charge < -0.3 is 15.4 Å². The number of esters is 1. The molecule has 0 saturated heterocycles. The zero-order valence-corrected chi connectivity index (χ0v) is 14.7. The lowest BCUT2D eigenvalue weighted by atomic mass is 9.98. The summed E-state index contributed by atoms with van der Waals surface area (Å²) in [5.41, 5.74) is 0.707. The van der Waals surface area contributed by atoms with Crippen molar-refractivity contribution < 1.29 is 22.7 Å². The molecule has 2 rings (SSSR count). The molecular weight excluding hydrogens is 347 g/mol. The molecule has 3 N–H and O–H groups in total. The smallest absolute Gasteiger partial charge is 0.356 e. The van der Waals surface area contributed by atoms with E-state index in [4.69, 9.17) is 10.1 Å². The van der Waals surface area contributed by atoms with Crippen LogP contribution in [0.2, 0.25) is 0 Å². The van der Waals surface area contributed by atoms with Gasteiger partial charge in [-0.05, 0) is 31.5 Å². The Bertz CT molecular complexity index is 720. The van der Waals surface area contributed by atoms with Crippen LogP contribution in [0.5, 0.6) is 0 Å². The summed E-state index contributed by atoms with van der Waals surface area (Å²) in [5.74, 6) is -1.45. The van der Waals surface area contributed by atoms with Crippen molar-refractivity contribution in [3.8, 4) is 0 Å². The number of carbonyl (C=O) groups excluding carboxylic acids is 1. The lowest BCUT2D eigenvalue weighted by molar-refractivity contribution is -0.135. The molecule has 0 radical (unpaired) electrons. The normalized spacial score (nSPS) is 15.8. The van der Waals surface area contributed by atoms with Crippen molar-refractivity contribution in [1.29, 1.82) is 5.41 Å². The number of ether oxygens (including phenoxy) is 1. The van der Waals surface area contributed by atoms with E-state index in [0.717, 1.165) is 12.1 Å². The second-order valence-electron chi connectivity index (χ2n) is 5.92. The van der Waals surface area contributed by atoms with Crippen LogP contribution in [0.25, 0.3) is 0 Å². The minimum absolute atomic E-state index is 0.161. The number of hydrogen-bond acceptors (Lipinski definition) is 5. The summed E-state index contributed by atoms with van der Waals surface area (Å²) in [7, 11) is 0. The molecule has 1 aromatic rings. The Hall–Kier alpha value is -2.35. The molecule has 5 nitrogen and oxygen atoms in total. The fourth-order valence-electron chi connectivity index (χ4n) is 2.88. The van der Waals surface area contributed by atoms with Crippen LogP contribution < -0.4 is 10.6 Å². The average molecular weight is 369 g/mol. The second kappa shape index (κ2) is 8.84. The van der Waals surface area contributed by atoms with Gasteiger partial charge in [-0.2, -0.15) is 0 Å². The zero-order chi connectivity index (χ0) is 19.3. The van der Waals surface area contributed by atoms with Crippen molar-refractivity contribution in [1.82, 2.24) is 10.6 Å². The van der Waals surface area contributed by atoms with Crippen LogP contribution >= 0.6 is 0 Å². The van der Waals surface area contributed by atoms with Crippen molar-refractivity contribution in [2.75, 3.05) is 19.7 Å². The molecule has 0 aromatic heterocycles. The molecule has 0 spiro atoms. The number of nitrogens with one attached hydrogen (secondary N) is 3. The topological polar surface area (TPSA) is 74.2 Å². The Morgan fingerprint density at radius 1 is 1.38 bits per heavy atom. The molecule has 26 heavy (non-hydrogen) atoms. The maximum Gasteiger partial charge on any atom is 0.356 e. The molecule has 1 aromatic carbocycles. The van der Waals surface area contributed by atoms with Crippen molar-refractivity contribution >= 4 is 11.7 Å². The van der Waals surface area contributed by atoms with E-state index in [0.29, 0.717) is 30.8 Å². The SMILES string of the molecule is CCOC(=O)C(=N)C1=C(NC(C)c2ccc(F)cc2C(F)F)CCNC1. The first-order valence-corrected chi connectivity index (χ1v) is 8.38. The molecule has 1 atom stereocenters. The number of rotatable bonds is 7. The van der Waals surface area contributed by atoms with Gasteiger partial charge in [-0.1, -0.05) is 6.07 Å². The Balaban J connectivity index is 2.29. The lowest BCUT2D eigenvalue weighted by Gasteiger charge is -2.27. The molecule has 8 heteroatoms. The van der Waals surface area contributed by atoms with E-state index in [2.05, 4.69) is 10.6 Å². The van der Waals surface area contributed by atoms with E-state index >= 15 is 0 Å². The molecule has 1 aliphatic heterocycles. The van der Waals surface area contributed by atoms with Gasteiger partial charge in [-0.25, -0.2) is 18.0 Å². The van der Waals surface area contributed by atoms with Gasteiger partial charge in [-0.3, -0.25) is 5.41 Å². The highest BCUT2D eigenvalue weighted by molar-refractivity contribution is 6.42. The third-order valence-corrected chi connectivity index (χ3v) is 4.14. The van der Waals surface area contributed by atoms with Gasteiger partial charge in [0.15, 0.2) is 0 Å². The molecule has 1 heterocycles. The van der Waals surface area contributed by atoms with Gasteiger partial charge in [-0.15, -0.1) is 0 Å². The number of hydrogen-bond donors (Lipinski definition) is 3. The van der Waals surface area contributed by atoms with E-state index in [1.54, 1.807) is 13.8 Å². The number of alkyl halides is 2. The second-order valence-corrected chi connectivity index (χ2v) is 5.92. The van der Waals surface area contributed by atoms with Crippen molar-refractivity contribution in [2.45, 2.75) is 32.7 Å². The Labute approximate surface area is 150 Å². The molecule has 0 saturated carbocycles. The standard InChI is InChI=1S/C18H22F3N3O2/c1-3-26-18(25)16(22)14-9-23-7-6-15(14)24-10(2)12-5-4-11(19)8-13(12)17(20)21/h4-5,8,10,17,22-24H,3,6-7,9H2,1-2H3. The molecular formula is C18H22F3N3O2. The Morgan fingerprint density at radius 2 is 2.12 bits per heavy atom. The van der Waals surface area contributed by atoms with Crippen LogP contribution in [0.3, 0.4) is 0 Å². The lowest BCUT2D eigenvalue weighted by Crippen LogP contribution is -2.36. The first kappa shape index (κ1) is 20.0. The Morgan fingerprint density at radius 3 is 2.77 bits per heavy atom. The van der Waals surface area contributed by atoms with E-state index in [9.17, 15) is 18.0 Å². The first-order valence-electron chi connectivity index (χ1n) is 8.38. The summed E-state index contributed by atoms with van der Waals surface area (Å²) in [4.78, 5) is 11.8. The summed E-state index contributed by atoms with van der Waals surface area (Å²) in [5, 5.41) is 14.2. The van der Waals surface area contributed by atoms with Gasteiger partial charge in [0.1, 0.15) is 11.5 Å². The Kier molecular flexibility index (Phi) is 6.79. The van der Waals surface area contributed by atoms with Crippen LogP contribution in [-0.2, 0) is 9.53 Å². The highest BCUT2D eigenvalue weighted by Crippen LogP contribution is 2.29. The van der Waals surface area contributed by atoms with Gasteiger partial charge in [0.05, 0.1) is 6.61 Å². The minimum atomic E-state index is -2.80. The van der Waals surface area contributed by atoms with Crippen LogP contribution in [0.15, 0.2) is 29.5 Å². The fraction of sp³-hybridized carbons (Fsp3) is 0.444. The van der Waals surface area contributed by atoms with E-state index in [1.165, 1.54) is 6.07 Å². The highest BCUT2D eigenvalue weighted by atomic mass is 19.3. The molecule has 0 aliphatic carbocycles. The summed E-state index contributed by atoms with van der Waals surface area (Å²) < 4.78 is 44.6. The molecule has 1 aliphatic rings. The summed E-state index contributed by atoms with van der Waals surface area (Å²) in [6, 6.07) is 2.75. The zero-order valence-electron chi connectivity index (χ0n) is 14.7. The van der Waals surface area contributed by atoms with Gasteiger partial charge in [0.2, 0.25) is 0 Å². The monoisotopic (exact) mass is 369 g/mol. The van der Waals surface area contributed by atoms with Crippen LogP contribution in [-0.4, -0.2) is 31.4 Å². The molecule has 142 valence electrons. The highest BCUT2D eigenvalue weighted by Gasteiger charge is 2.25. The summed E-state index contributed by atoms with van der Waals surface area (Å²) in [6.07, 6.45) is -2.30. The fourth-order valence-corrected chi connectivity index (χ4v) is 2.88. The third kappa shape index (κ3) is 4.63. The van der Waals surface area contributed by atoms with Gasteiger partial charge in [0, 0.05) is 42.4 Å². The molecule has 0 amide bonds. The average Bonchev–Trinajstić information content (AvgIpc) is 2.61. The summed E-state index contributed by atoms with van der Waals surface area (Å²) in [6.45, 7) is 4.42. The van der Waals surface area contributed by atoms with Crippen molar-refractivity contribution in [3.63, 3.8) is 0 Å². The quantitative estimate of drug-likeness (QED) is 0.510. The predicted molar refractivity (Wildman–Crippen MR) is 91.8 cm³/mol. The predicted octanol–water partition coefficient (Wildman–Crippen LogP) is 3.24. The third-order valence-electron chi connectivity index (χ3n) is 4.14. The van der Waals surface area contributed by atoms with Gasteiger partial charge in [0.25, 0.3) is 6.43 Å². The number of benzene rings is 1. The number of halogens is 3. The van der Waals surface area contributed by atoms with Crippen molar-refractivity contribution in [2.24, 2.45) is 0 Å². The van der Waals surface area contributed by atoms with Gasteiger partial charge >= 0.3 is 5.97 Å². The summed E-state index contributed by atoms with van der Waals surface area (Å²) >= 11 is 0. The first-order chi connectivity index (χ1) is 12.3. The van der Waals surface area contributed by atoms with Crippen LogP contribution in [0, 0.1) is 11.2 Å². The minimum Gasteiger partial charge on any atom is -0.461 e. The molecule has 0 fully saturated rings. The maximum atomic E-state index is 13.3. The van der Waals surface area contributed by atoms with Crippen molar-refractivity contribution in [3.05, 3.63) is 46.4 Å². The van der Waals surface area contributed by atoms with E-state index in [-0.39, 0.29) is 23.4 Å². The molecule has 1 unspecified atom stereocenters. The number of carbonyl (C=O) groups is 1. The van der Waals surface area contributed by atoms with E-state index < -0.39 is 24.3 Å². The maximum absolute atomic E-state index is 13.3. The van der Waals surface area contributed by atoms with Crippen LogP contribution in [0.4, 0.5) is 13.2 Å². The van der Waals surface area contributed by atoms with E-state index in [1.807, 2.05) is 0 Å². The largest absolute Gasteiger partial charge is 0.461 e. The van der Waals surface area contributed by atoms with Crippen LogP contribution in [0.1, 0.15) is 43.9 Å².